The van der Waals surface area contributed by atoms with E-state index in [-0.39, 0.29) is 17.8 Å². The van der Waals surface area contributed by atoms with Crippen molar-refractivity contribution in [3.05, 3.63) is 52.8 Å². The van der Waals surface area contributed by atoms with Gasteiger partial charge in [-0.2, -0.15) is 0 Å². The second kappa shape index (κ2) is 7.63. The van der Waals surface area contributed by atoms with Gasteiger partial charge < -0.3 is 10.1 Å². The Hall–Kier alpha value is -1.83. The monoisotopic (exact) mass is 335 g/mol. The van der Waals surface area contributed by atoms with Crippen molar-refractivity contribution in [1.29, 1.82) is 0 Å². The van der Waals surface area contributed by atoms with Gasteiger partial charge in [0.05, 0.1) is 19.3 Å². The van der Waals surface area contributed by atoms with Crippen LogP contribution in [0.25, 0.3) is 0 Å². The first-order chi connectivity index (χ1) is 11.3. The van der Waals surface area contributed by atoms with Gasteiger partial charge in [0.2, 0.25) is 0 Å². The van der Waals surface area contributed by atoms with Crippen LogP contribution in [0.15, 0.2) is 36.5 Å². The summed E-state index contributed by atoms with van der Waals surface area (Å²) >= 11 is 1.15. The normalized spacial score (nSPS) is 16.9. The molecule has 1 saturated heterocycles. The quantitative estimate of drug-likeness (QED) is 0.909. The van der Waals surface area contributed by atoms with Gasteiger partial charge in [0.15, 0.2) is 0 Å². The summed E-state index contributed by atoms with van der Waals surface area (Å²) in [6, 6.07) is 8.17. The molecule has 23 heavy (non-hydrogen) atoms. The number of nitrogens with zero attached hydrogens (tertiary/aromatic N) is 2. The number of hydrogen-bond acceptors (Lipinski definition) is 5. The molecular formula is C16H18FN3O2S. The predicted molar refractivity (Wildman–Crippen MR) is 86.0 cm³/mol. The minimum absolute atomic E-state index is 0.179. The molecule has 5 nitrogen and oxygen atoms in total. The number of rotatable bonds is 5. The third kappa shape index (κ3) is 3.93. The van der Waals surface area contributed by atoms with Crippen LogP contribution >= 0.6 is 11.5 Å². The molecule has 2 aromatic rings. The van der Waals surface area contributed by atoms with E-state index >= 15 is 0 Å². The lowest BCUT2D eigenvalue weighted by atomic mass is 10.0. The first-order valence-electron chi connectivity index (χ1n) is 7.51. The van der Waals surface area contributed by atoms with E-state index in [1.165, 1.54) is 6.07 Å². The molecule has 1 aliphatic rings. The molecule has 0 radical (unpaired) electrons. The molecule has 0 bridgehead atoms. The van der Waals surface area contributed by atoms with Crippen molar-refractivity contribution in [3.8, 4) is 0 Å². The number of ether oxygens (including phenoxy) is 1. The molecule has 2 heterocycles. The van der Waals surface area contributed by atoms with Crippen LogP contribution in [0.4, 0.5) is 4.39 Å². The van der Waals surface area contributed by atoms with E-state index in [0.717, 1.165) is 24.6 Å². The van der Waals surface area contributed by atoms with Gasteiger partial charge in [-0.25, -0.2) is 8.76 Å². The Bertz CT molecular complexity index is 645. The first-order valence-corrected chi connectivity index (χ1v) is 8.28. The van der Waals surface area contributed by atoms with Crippen molar-refractivity contribution in [2.24, 2.45) is 0 Å². The second-order valence-corrected chi connectivity index (χ2v) is 6.11. The Labute approximate surface area is 138 Å². The molecule has 3 rings (SSSR count). The summed E-state index contributed by atoms with van der Waals surface area (Å²) in [5.41, 5.74) is 0.596. The van der Waals surface area contributed by atoms with Crippen LogP contribution in [0, 0.1) is 5.82 Å². The average Bonchev–Trinajstić information content (AvgIpc) is 3.12. The van der Waals surface area contributed by atoms with Crippen molar-refractivity contribution < 1.29 is 13.9 Å². The summed E-state index contributed by atoms with van der Waals surface area (Å²) in [4.78, 5) is 14.8. The fraction of sp³-hybridized carbons (Fsp3) is 0.375. The summed E-state index contributed by atoms with van der Waals surface area (Å²) in [5, 5.41) is 2.89. The number of amides is 1. The number of benzene rings is 1. The number of hydrogen-bond donors (Lipinski definition) is 1. The van der Waals surface area contributed by atoms with Crippen LogP contribution in [-0.2, 0) is 4.74 Å². The molecule has 1 aromatic carbocycles. The Kier molecular flexibility index (Phi) is 5.32. The lowest BCUT2D eigenvalue weighted by Crippen LogP contribution is -2.44. The summed E-state index contributed by atoms with van der Waals surface area (Å²) in [6.07, 6.45) is 1.59. The lowest BCUT2D eigenvalue weighted by molar-refractivity contribution is 0.0155. The van der Waals surface area contributed by atoms with E-state index in [1.807, 2.05) is 6.07 Å². The van der Waals surface area contributed by atoms with Crippen LogP contribution in [-0.4, -0.2) is 48.0 Å². The van der Waals surface area contributed by atoms with Crippen LogP contribution in [0.1, 0.15) is 21.3 Å². The van der Waals surface area contributed by atoms with Crippen LogP contribution < -0.4 is 5.32 Å². The van der Waals surface area contributed by atoms with Crippen molar-refractivity contribution in [2.75, 3.05) is 32.8 Å². The number of halogens is 1. The highest BCUT2D eigenvalue weighted by atomic mass is 32.1. The lowest BCUT2D eigenvalue weighted by Gasteiger charge is -2.35. The van der Waals surface area contributed by atoms with Crippen molar-refractivity contribution in [1.82, 2.24) is 14.6 Å². The molecule has 1 amide bonds. The fourth-order valence-electron chi connectivity index (χ4n) is 2.68. The fourth-order valence-corrected chi connectivity index (χ4v) is 3.19. The standard InChI is InChI=1S/C16H18FN3O2S/c17-13-4-2-1-3-12(13)14(20-7-9-22-10-8-20)11-18-16(21)15-5-6-19-23-15/h1-6,14H,7-11H2,(H,18,21). The topological polar surface area (TPSA) is 54.5 Å². The van der Waals surface area contributed by atoms with E-state index in [0.29, 0.717) is 30.2 Å². The molecule has 1 fully saturated rings. The highest BCUT2D eigenvalue weighted by Crippen LogP contribution is 2.24. The van der Waals surface area contributed by atoms with E-state index in [9.17, 15) is 9.18 Å². The number of morpholine rings is 1. The maximum atomic E-state index is 14.2. The minimum Gasteiger partial charge on any atom is -0.379 e. The van der Waals surface area contributed by atoms with E-state index in [1.54, 1.807) is 24.4 Å². The van der Waals surface area contributed by atoms with E-state index < -0.39 is 0 Å². The van der Waals surface area contributed by atoms with Gasteiger partial charge in [0.1, 0.15) is 10.7 Å². The van der Waals surface area contributed by atoms with Gasteiger partial charge in [-0.15, -0.1) is 0 Å². The van der Waals surface area contributed by atoms with Crippen molar-refractivity contribution in [2.45, 2.75) is 6.04 Å². The van der Waals surface area contributed by atoms with Crippen LogP contribution in [0.2, 0.25) is 0 Å². The Balaban J connectivity index is 1.75. The van der Waals surface area contributed by atoms with Crippen LogP contribution in [0.5, 0.6) is 0 Å². The number of carbonyl (C=O) groups excluding carboxylic acids is 1. The molecule has 1 N–H and O–H groups in total. The Morgan fingerprint density at radius 2 is 2.13 bits per heavy atom. The Morgan fingerprint density at radius 1 is 1.35 bits per heavy atom. The number of nitrogens with one attached hydrogen (secondary N) is 1. The molecule has 0 spiro atoms. The summed E-state index contributed by atoms with van der Waals surface area (Å²) in [7, 11) is 0. The SMILES string of the molecule is O=C(NCC(c1ccccc1F)N1CCOCC1)c1ccns1. The molecule has 7 heteroatoms. The molecule has 0 saturated carbocycles. The van der Waals surface area contributed by atoms with Gasteiger partial charge in [-0.05, 0) is 23.7 Å². The first kappa shape index (κ1) is 16.0. The van der Waals surface area contributed by atoms with Crippen molar-refractivity contribution >= 4 is 17.4 Å². The second-order valence-electron chi connectivity index (χ2n) is 5.27. The van der Waals surface area contributed by atoms with Crippen LogP contribution in [0.3, 0.4) is 0 Å². The third-order valence-electron chi connectivity index (χ3n) is 3.87. The highest BCUT2D eigenvalue weighted by molar-refractivity contribution is 7.08. The molecule has 1 aliphatic heterocycles. The van der Waals surface area contributed by atoms with Gasteiger partial charge in [-0.1, -0.05) is 18.2 Å². The van der Waals surface area contributed by atoms with E-state index in [4.69, 9.17) is 4.74 Å². The zero-order valence-corrected chi connectivity index (χ0v) is 13.4. The van der Waals surface area contributed by atoms with Crippen molar-refractivity contribution in [3.63, 3.8) is 0 Å². The molecule has 0 aliphatic carbocycles. The zero-order valence-electron chi connectivity index (χ0n) is 12.6. The van der Waals surface area contributed by atoms with Gasteiger partial charge in [0, 0.05) is 31.4 Å². The predicted octanol–water partition coefficient (Wildman–Crippen LogP) is 2.09. The summed E-state index contributed by atoms with van der Waals surface area (Å²) in [6.45, 7) is 3.02. The summed E-state index contributed by atoms with van der Waals surface area (Å²) < 4.78 is 23.5. The average molecular weight is 335 g/mol. The largest absolute Gasteiger partial charge is 0.379 e. The maximum absolute atomic E-state index is 14.2. The van der Waals surface area contributed by atoms with Gasteiger partial charge in [0.25, 0.3) is 5.91 Å². The number of aromatic nitrogens is 1. The minimum atomic E-state index is -0.254. The van der Waals surface area contributed by atoms with E-state index in [2.05, 4.69) is 14.6 Å². The highest BCUT2D eigenvalue weighted by Gasteiger charge is 2.25. The third-order valence-corrected chi connectivity index (χ3v) is 4.61. The molecule has 122 valence electrons. The van der Waals surface area contributed by atoms with Gasteiger partial charge >= 0.3 is 0 Å². The zero-order chi connectivity index (χ0) is 16.1. The maximum Gasteiger partial charge on any atom is 0.263 e. The Morgan fingerprint density at radius 3 is 2.83 bits per heavy atom. The molecule has 1 unspecified atom stereocenters. The molecule has 1 aromatic heterocycles. The smallest absolute Gasteiger partial charge is 0.263 e. The molecule has 1 atom stereocenters. The van der Waals surface area contributed by atoms with Gasteiger partial charge in [-0.3, -0.25) is 9.69 Å². The summed E-state index contributed by atoms with van der Waals surface area (Å²) in [5.74, 6) is -0.432. The molecular weight excluding hydrogens is 317 g/mol. The number of carbonyl (C=O) groups is 1.